The van der Waals surface area contributed by atoms with Crippen molar-refractivity contribution in [1.82, 2.24) is 24.9 Å². The van der Waals surface area contributed by atoms with Gasteiger partial charge in [-0.1, -0.05) is 36.8 Å². The van der Waals surface area contributed by atoms with Crippen LogP contribution in [0.25, 0.3) is 11.3 Å². The van der Waals surface area contributed by atoms with Crippen molar-refractivity contribution in [2.45, 2.75) is 32.2 Å². The largest absolute Gasteiger partial charge is 0.353 e. The van der Waals surface area contributed by atoms with Gasteiger partial charge in [0.05, 0.1) is 12.2 Å². The van der Waals surface area contributed by atoms with Crippen LogP contribution in [-0.2, 0) is 4.79 Å². The van der Waals surface area contributed by atoms with Crippen LogP contribution < -0.4 is 4.90 Å². The van der Waals surface area contributed by atoms with E-state index in [1.165, 1.54) is 19.3 Å². The maximum Gasteiger partial charge on any atom is 0.236 e. The number of hydrogen-bond acceptors (Lipinski definition) is 6. The summed E-state index contributed by atoms with van der Waals surface area (Å²) in [5, 5.41) is 8.86. The van der Waals surface area contributed by atoms with Crippen LogP contribution in [0.2, 0.25) is 0 Å². The number of rotatable bonds is 9. The molecule has 0 unspecified atom stereocenters. The van der Waals surface area contributed by atoms with Crippen LogP contribution in [0.4, 0.5) is 5.82 Å². The highest BCUT2D eigenvalue weighted by Crippen LogP contribution is 2.23. The van der Waals surface area contributed by atoms with Gasteiger partial charge in [-0.2, -0.15) is 0 Å². The zero-order valence-electron chi connectivity index (χ0n) is 19.5. The lowest BCUT2D eigenvalue weighted by atomic mass is 9.92. The number of carbonyl (C=O) groups is 1. The highest BCUT2D eigenvalue weighted by atomic mass is 16.2. The Labute approximate surface area is 192 Å². The molecule has 7 heteroatoms. The molecular weight excluding hydrogens is 400 g/mol. The summed E-state index contributed by atoms with van der Waals surface area (Å²) < 4.78 is 0. The van der Waals surface area contributed by atoms with E-state index in [-0.39, 0.29) is 5.91 Å². The van der Waals surface area contributed by atoms with E-state index in [1.54, 1.807) is 0 Å². The van der Waals surface area contributed by atoms with E-state index < -0.39 is 0 Å². The Bertz CT molecular complexity index is 846. The van der Waals surface area contributed by atoms with Crippen LogP contribution in [-0.4, -0.2) is 96.3 Å². The second kappa shape index (κ2) is 10.9. The summed E-state index contributed by atoms with van der Waals surface area (Å²) in [6.07, 6.45) is 3.96. The predicted octanol–water partition coefficient (Wildman–Crippen LogP) is 2.60. The molecule has 0 radical (unpaired) electrons. The minimum Gasteiger partial charge on any atom is -0.353 e. The number of piperazine rings is 1. The molecule has 1 saturated heterocycles. The topological polar surface area (TPSA) is 55.8 Å². The summed E-state index contributed by atoms with van der Waals surface area (Å²) >= 11 is 0. The van der Waals surface area contributed by atoms with Crippen LogP contribution in [0.15, 0.2) is 42.5 Å². The molecule has 1 saturated carbocycles. The van der Waals surface area contributed by atoms with Gasteiger partial charge in [-0.25, -0.2) is 0 Å². The summed E-state index contributed by atoms with van der Waals surface area (Å²) in [7, 11) is 2.19. The molecule has 7 nitrogen and oxygen atoms in total. The van der Waals surface area contributed by atoms with Crippen molar-refractivity contribution in [3.05, 3.63) is 42.5 Å². The SMILES string of the molecule is CCN(CCN(C)C1CCC1)C(=O)CN1CCN(c2ccc(-c3ccccc3)nn2)CC1. The normalized spacial score (nSPS) is 17.4. The second-order valence-corrected chi connectivity index (χ2v) is 8.94. The molecule has 2 aliphatic rings. The third-order valence-corrected chi connectivity index (χ3v) is 6.93. The zero-order valence-corrected chi connectivity index (χ0v) is 19.5. The average Bonchev–Trinajstić information content (AvgIpc) is 2.79. The summed E-state index contributed by atoms with van der Waals surface area (Å²) in [6, 6.07) is 14.9. The summed E-state index contributed by atoms with van der Waals surface area (Å²) in [6.45, 7) is 8.62. The number of anilines is 1. The molecule has 0 N–H and O–H groups in total. The molecule has 1 aliphatic carbocycles. The summed E-state index contributed by atoms with van der Waals surface area (Å²) in [4.78, 5) is 21.8. The van der Waals surface area contributed by atoms with E-state index >= 15 is 0 Å². The van der Waals surface area contributed by atoms with E-state index in [1.807, 2.05) is 47.4 Å². The fourth-order valence-electron chi connectivity index (χ4n) is 4.43. The van der Waals surface area contributed by atoms with Crippen molar-refractivity contribution in [2.75, 3.05) is 64.3 Å². The minimum atomic E-state index is 0.245. The second-order valence-electron chi connectivity index (χ2n) is 8.94. The standard InChI is InChI=1S/C25H36N6O/c1-3-30(17-14-28(2)22-10-7-11-22)25(32)20-29-15-18-31(19-16-29)24-13-12-23(26-27-24)21-8-5-4-6-9-21/h4-6,8-9,12-13,22H,3,7,10-11,14-20H2,1-2H3. The van der Waals surface area contributed by atoms with Crippen molar-refractivity contribution in [1.29, 1.82) is 0 Å². The first-order valence-corrected chi connectivity index (χ1v) is 12.0. The lowest BCUT2D eigenvalue weighted by molar-refractivity contribution is -0.132. The van der Waals surface area contributed by atoms with Gasteiger partial charge in [0.25, 0.3) is 0 Å². The number of amides is 1. The summed E-state index contributed by atoms with van der Waals surface area (Å²) in [5.74, 6) is 1.15. The molecule has 1 aromatic heterocycles. The van der Waals surface area contributed by atoms with Crippen molar-refractivity contribution < 1.29 is 4.79 Å². The Hall–Kier alpha value is -2.51. The zero-order chi connectivity index (χ0) is 22.3. The fourth-order valence-corrected chi connectivity index (χ4v) is 4.43. The smallest absolute Gasteiger partial charge is 0.236 e. The Morgan fingerprint density at radius 1 is 1.00 bits per heavy atom. The molecule has 4 rings (SSSR count). The fraction of sp³-hybridized carbons (Fsp3) is 0.560. The first-order valence-electron chi connectivity index (χ1n) is 12.0. The Balaban J connectivity index is 1.23. The third kappa shape index (κ3) is 5.64. The molecule has 1 aliphatic heterocycles. The van der Waals surface area contributed by atoms with Gasteiger partial charge in [-0.3, -0.25) is 9.69 Å². The van der Waals surface area contributed by atoms with Crippen LogP contribution in [0.5, 0.6) is 0 Å². The van der Waals surface area contributed by atoms with Crippen molar-refractivity contribution >= 4 is 11.7 Å². The molecule has 1 amide bonds. The van der Waals surface area contributed by atoms with Crippen molar-refractivity contribution in [3.8, 4) is 11.3 Å². The van der Waals surface area contributed by atoms with Gasteiger partial charge in [0.1, 0.15) is 0 Å². The van der Waals surface area contributed by atoms with Crippen LogP contribution in [0.1, 0.15) is 26.2 Å². The monoisotopic (exact) mass is 436 g/mol. The third-order valence-electron chi connectivity index (χ3n) is 6.93. The Morgan fingerprint density at radius 3 is 2.34 bits per heavy atom. The van der Waals surface area contributed by atoms with Gasteiger partial charge in [-0.15, -0.1) is 10.2 Å². The van der Waals surface area contributed by atoms with Crippen LogP contribution in [0.3, 0.4) is 0 Å². The van der Waals surface area contributed by atoms with E-state index in [4.69, 9.17) is 0 Å². The van der Waals surface area contributed by atoms with E-state index in [2.05, 4.69) is 38.9 Å². The van der Waals surface area contributed by atoms with E-state index in [9.17, 15) is 4.79 Å². The maximum absolute atomic E-state index is 12.9. The lowest BCUT2D eigenvalue weighted by Crippen LogP contribution is -2.51. The summed E-state index contributed by atoms with van der Waals surface area (Å²) in [5.41, 5.74) is 1.97. The molecule has 0 bridgehead atoms. The van der Waals surface area contributed by atoms with Crippen LogP contribution >= 0.6 is 0 Å². The molecular formula is C25H36N6O. The molecule has 0 atom stereocenters. The number of benzene rings is 1. The highest BCUT2D eigenvalue weighted by Gasteiger charge is 2.24. The predicted molar refractivity (Wildman–Crippen MR) is 129 cm³/mol. The van der Waals surface area contributed by atoms with Gasteiger partial charge in [0.2, 0.25) is 5.91 Å². The number of nitrogens with zero attached hydrogens (tertiary/aromatic N) is 6. The first kappa shape index (κ1) is 22.7. The maximum atomic E-state index is 12.9. The van der Waals surface area contributed by atoms with Gasteiger partial charge < -0.3 is 14.7 Å². The van der Waals surface area contributed by atoms with Gasteiger partial charge in [0.15, 0.2) is 5.82 Å². The number of aromatic nitrogens is 2. The van der Waals surface area contributed by atoms with Gasteiger partial charge in [0, 0.05) is 57.4 Å². The Kier molecular flexibility index (Phi) is 7.71. The van der Waals surface area contributed by atoms with Gasteiger partial charge >= 0.3 is 0 Å². The molecule has 2 aromatic rings. The lowest BCUT2D eigenvalue weighted by Gasteiger charge is -2.37. The quantitative estimate of drug-likeness (QED) is 0.602. The van der Waals surface area contributed by atoms with Crippen LogP contribution in [0, 0.1) is 0 Å². The number of hydrogen-bond donors (Lipinski definition) is 0. The first-order chi connectivity index (χ1) is 15.6. The molecule has 0 spiro atoms. The highest BCUT2D eigenvalue weighted by molar-refractivity contribution is 5.78. The Morgan fingerprint density at radius 2 is 1.75 bits per heavy atom. The van der Waals surface area contributed by atoms with Crippen molar-refractivity contribution in [3.63, 3.8) is 0 Å². The van der Waals surface area contributed by atoms with Crippen molar-refractivity contribution in [2.24, 2.45) is 0 Å². The molecule has 172 valence electrons. The molecule has 32 heavy (non-hydrogen) atoms. The number of carbonyl (C=O) groups excluding carboxylic acids is 1. The molecule has 2 heterocycles. The average molecular weight is 437 g/mol. The molecule has 2 fully saturated rings. The van der Waals surface area contributed by atoms with E-state index in [0.717, 1.165) is 68.9 Å². The molecule has 1 aromatic carbocycles. The van der Waals surface area contributed by atoms with Gasteiger partial charge in [-0.05, 0) is 38.9 Å². The number of likely N-dealkylation sites (N-methyl/N-ethyl adjacent to an activating group) is 2. The minimum absolute atomic E-state index is 0.245. The van der Waals surface area contributed by atoms with E-state index in [0.29, 0.717) is 6.54 Å².